The van der Waals surface area contributed by atoms with Gasteiger partial charge in [-0.1, -0.05) is 48.2 Å². The zero-order valence-corrected chi connectivity index (χ0v) is 9.70. The van der Waals surface area contributed by atoms with Gasteiger partial charge in [-0.3, -0.25) is 4.99 Å². The topological polar surface area (TPSA) is 58.5 Å². The van der Waals surface area contributed by atoms with Gasteiger partial charge in [0.1, 0.15) is 0 Å². The molecule has 3 nitrogen and oxygen atoms in total. The Morgan fingerprint density at radius 3 is 2.06 bits per heavy atom. The molecule has 17 heavy (non-hydrogen) atoms. The number of benzene rings is 2. The van der Waals surface area contributed by atoms with E-state index in [9.17, 15) is 10.2 Å². The number of nitrogens with zero attached hydrogens (tertiary/aromatic N) is 1. The Morgan fingerprint density at radius 1 is 0.824 bits per heavy atom. The number of para-hydroxylation sites is 3. The van der Waals surface area contributed by atoms with Gasteiger partial charge in [-0.05, 0) is 11.6 Å². The van der Waals surface area contributed by atoms with Crippen LogP contribution in [0.5, 0.6) is 11.5 Å². The van der Waals surface area contributed by atoms with E-state index in [0.717, 1.165) is 0 Å². The smallest absolute Gasteiger partial charge is 0.872 e. The molecule has 0 aliphatic carbocycles. The van der Waals surface area contributed by atoms with Gasteiger partial charge in [0.15, 0.2) is 0 Å². The first-order chi connectivity index (χ1) is 7.77. The van der Waals surface area contributed by atoms with E-state index in [2.05, 4.69) is 4.99 Å². The first-order valence-electron chi connectivity index (χ1n) is 4.83. The Morgan fingerprint density at radius 2 is 1.41 bits per heavy atom. The van der Waals surface area contributed by atoms with Crippen LogP contribution < -0.4 is 10.2 Å². The summed E-state index contributed by atoms with van der Waals surface area (Å²) >= 11 is 0. The van der Waals surface area contributed by atoms with E-state index in [4.69, 9.17) is 0 Å². The van der Waals surface area contributed by atoms with E-state index >= 15 is 0 Å². The van der Waals surface area contributed by atoms with Gasteiger partial charge in [-0.15, -0.1) is 5.75 Å². The Labute approximate surface area is 110 Å². The fraction of sp³-hybridized carbons (Fsp3) is 0. The first-order valence-corrected chi connectivity index (χ1v) is 4.83. The molecule has 0 aromatic heterocycles. The largest absolute Gasteiger partial charge is 2.00 e. The fourth-order valence-electron chi connectivity index (χ4n) is 1.29. The van der Waals surface area contributed by atoms with Gasteiger partial charge in [-0.25, -0.2) is 0 Å². The standard InChI is InChI=1S/C13H11NO2.Cu/c15-12-7-3-1-5-10(12)9-14-11-6-2-4-8-13(11)16;/h1-9,15-16H;/q;+2/p-2. The first kappa shape index (κ1) is 13.3. The Hall–Kier alpha value is -1.77. The summed E-state index contributed by atoms with van der Waals surface area (Å²) in [5.41, 5.74) is 0.816. The molecule has 0 saturated carbocycles. The van der Waals surface area contributed by atoms with Crippen molar-refractivity contribution >= 4 is 11.9 Å². The van der Waals surface area contributed by atoms with Crippen LogP contribution in [0.25, 0.3) is 0 Å². The van der Waals surface area contributed by atoms with E-state index in [0.29, 0.717) is 11.3 Å². The van der Waals surface area contributed by atoms with Crippen molar-refractivity contribution in [3.8, 4) is 11.5 Å². The molecule has 0 fully saturated rings. The molecule has 0 N–H and O–H groups in total. The third-order valence-corrected chi connectivity index (χ3v) is 2.13. The average molecular weight is 275 g/mol. The maximum atomic E-state index is 11.4. The fourth-order valence-corrected chi connectivity index (χ4v) is 1.29. The maximum Gasteiger partial charge on any atom is 2.00 e. The number of hydrogen-bond donors (Lipinski definition) is 0. The molecule has 0 aliphatic heterocycles. The molecule has 2 aromatic rings. The summed E-state index contributed by atoms with van der Waals surface area (Å²) in [6.45, 7) is 0. The monoisotopic (exact) mass is 274 g/mol. The third-order valence-electron chi connectivity index (χ3n) is 2.13. The molecule has 0 aliphatic rings. The van der Waals surface area contributed by atoms with Crippen LogP contribution in [0, 0.1) is 0 Å². The van der Waals surface area contributed by atoms with Crippen molar-refractivity contribution in [2.24, 2.45) is 4.99 Å². The Kier molecular flexibility index (Phi) is 4.76. The van der Waals surface area contributed by atoms with Gasteiger partial charge in [0.05, 0.1) is 5.69 Å². The van der Waals surface area contributed by atoms with Crippen LogP contribution in [0.1, 0.15) is 5.56 Å². The molecule has 0 amide bonds. The van der Waals surface area contributed by atoms with Crippen molar-refractivity contribution in [1.29, 1.82) is 0 Å². The summed E-state index contributed by atoms with van der Waals surface area (Å²) in [6, 6.07) is 13.0. The van der Waals surface area contributed by atoms with Crippen molar-refractivity contribution in [1.82, 2.24) is 0 Å². The summed E-state index contributed by atoms with van der Waals surface area (Å²) < 4.78 is 0. The van der Waals surface area contributed by atoms with E-state index in [1.54, 1.807) is 36.4 Å². The average Bonchev–Trinajstić information content (AvgIpc) is 2.30. The summed E-state index contributed by atoms with van der Waals surface area (Å²) in [5.74, 6) is -0.253. The van der Waals surface area contributed by atoms with Crippen molar-refractivity contribution in [2.45, 2.75) is 0 Å². The molecule has 2 rings (SSSR count). The van der Waals surface area contributed by atoms with Gasteiger partial charge in [0.2, 0.25) is 0 Å². The second kappa shape index (κ2) is 6.09. The number of rotatable bonds is 2. The summed E-state index contributed by atoms with van der Waals surface area (Å²) in [4.78, 5) is 4.00. The SMILES string of the molecule is [Cu+2].[O-]c1ccccc1C=Nc1ccccc1[O-]. The van der Waals surface area contributed by atoms with Crippen LogP contribution in [0.15, 0.2) is 53.5 Å². The van der Waals surface area contributed by atoms with Gasteiger partial charge in [-0.2, -0.15) is 0 Å². The van der Waals surface area contributed by atoms with Crippen LogP contribution in [-0.2, 0) is 17.1 Å². The van der Waals surface area contributed by atoms with E-state index < -0.39 is 0 Å². The minimum absolute atomic E-state index is 0. The van der Waals surface area contributed by atoms with Crippen LogP contribution in [0.3, 0.4) is 0 Å². The van der Waals surface area contributed by atoms with Crippen molar-refractivity contribution in [3.05, 3.63) is 54.1 Å². The third kappa shape index (κ3) is 3.34. The molecule has 1 radical (unpaired) electrons. The van der Waals surface area contributed by atoms with Crippen molar-refractivity contribution < 1.29 is 27.3 Å². The normalized spacial score (nSPS) is 10.1. The minimum Gasteiger partial charge on any atom is -0.872 e. The molecule has 2 aromatic carbocycles. The van der Waals surface area contributed by atoms with Gasteiger partial charge < -0.3 is 10.2 Å². The van der Waals surface area contributed by atoms with Crippen LogP contribution in [-0.4, -0.2) is 6.21 Å². The summed E-state index contributed by atoms with van der Waals surface area (Å²) in [5, 5.41) is 22.7. The van der Waals surface area contributed by atoms with E-state index in [-0.39, 0.29) is 28.6 Å². The molecule has 0 bridgehead atoms. The predicted octanol–water partition coefficient (Wildman–Crippen LogP) is 1.58. The molecule has 0 heterocycles. The Balaban J connectivity index is 0.00000144. The summed E-state index contributed by atoms with van der Waals surface area (Å²) in [6.07, 6.45) is 1.42. The molecular formula is C13H9CuNO2. The summed E-state index contributed by atoms with van der Waals surface area (Å²) in [7, 11) is 0. The maximum absolute atomic E-state index is 11.4. The minimum atomic E-state index is -0.151. The Bertz CT molecular complexity index is 479. The molecule has 4 heteroatoms. The predicted molar refractivity (Wildman–Crippen MR) is 59.0 cm³/mol. The number of hydrogen-bond acceptors (Lipinski definition) is 3. The molecule has 0 atom stereocenters. The number of aliphatic imine (C=N–C) groups is 1. The van der Waals surface area contributed by atoms with Gasteiger partial charge >= 0.3 is 17.1 Å². The second-order valence-electron chi connectivity index (χ2n) is 3.26. The van der Waals surface area contributed by atoms with Crippen LogP contribution in [0.2, 0.25) is 0 Å². The molecule has 0 saturated heterocycles. The van der Waals surface area contributed by atoms with E-state index in [1.165, 1.54) is 18.3 Å². The zero-order chi connectivity index (χ0) is 11.4. The molecule has 89 valence electrons. The second-order valence-corrected chi connectivity index (χ2v) is 3.26. The molecule has 0 unspecified atom stereocenters. The van der Waals surface area contributed by atoms with Crippen molar-refractivity contribution in [2.75, 3.05) is 0 Å². The van der Waals surface area contributed by atoms with Crippen LogP contribution in [0.4, 0.5) is 5.69 Å². The molecular weight excluding hydrogens is 266 g/mol. The zero-order valence-electron chi connectivity index (χ0n) is 8.76. The van der Waals surface area contributed by atoms with Crippen LogP contribution >= 0.6 is 0 Å². The van der Waals surface area contributed by atoms with E-state index in [1.807, 2.05) is 0 Å². The van der Waals surface area contributed by atoms with Gasteiger partial charge in [0, 0.05) is 6.21 Å². The quantitative estimate of drug-likeness (QED) is 0.617. The van der Waals surface area contributed by atoms with Gasteiger partial charge in [0.25, 0.3) is 0 Å². The molecule has 0 spiro atoms. The van der Waals surface area contributed by atoms with Crippen molar-refractivity contribution in [3.63, 3.8) is 0 Å².